The summed E-state index contributed by atoms with van der Waals surface area (Å²) in [5.74, 6) is 3.68. The average Bonchev–Trinajstić information content (AvgIpc) is 3.43. The van der Waals surface area contributed by atoms with Gasteiger partial charge in [0.1, 0.15) is 5.52 Å². The number of rotatable bonds is 7. The van der Waals surface area contributed by atoms with E-state index in [1.165, 1.54) is 44.9 Å². The van der Waals surface area contributed by atoms with Crippen LogP contribution < -0.4 is 21.3 Å². The van der Waals surface area contributed by atoms with E-state index in [0.29, 0.717) is 29.3 Å². The Morgan fingerprint density at radius 2 is 1.92 bits per heavy atom. The van der Waals surface area contributed by atoms with Gasteiger partial charge in [-0.15, -0.1) is 0 Å². The van der Waals surface area contributed by atoms with Crippen LogP contribution in [-0.2, 0) is 6.54 Å². The van der Waals surface area contributed by atoms with Crippen molar-refractivity contribution in [3.8, 4) is 11.6 Å². The van der Waals surface area contributed by atoms with Gasteiger partial charge in [-0.1, -0.05) is 31.3 Å². The molecule has 2 atom stereocenters. The average molecular weight is 510 g/mol. The Morgan fingerprint density at radius 1 is 1.11 bits per heavy atom. The molecule has 11 heteroatoms. The van der Waals surface area contributed by atoms with E-state index in [0.717, 1.165) is 49.4 Å². The molecule has 0 bridgehead atoms. The van der Waals surface area contributed by atoms with E-state index in [1.807, 2.05) is 0 Å². The van der Waals surface area contributed by atoms with Crippen LogP contribution in [0, 0.1) is 17.8 Å². The smallest absolute Gasteiger partial charge is 0.365 e. The lowest BCUT2D eigenvalue weighted by Gasteiger charge is -2.36. The first-order valence-corrected chi connectivity index (χ1v) is 14.0. The van der Waals surface area contributed by atoms with E-state index in [1.54, 1.807) is 0 Å². The molecule has 0 radical (unpaired) electrons. The summed E-state index contributed by atoms with van der Waals surface area (Å²) in [5, 5.41) is 11.1. The highest BCUT2D eigenvalue weighted by Crippen LogP contribution is 2.36. The van der Waals surface area contributed by atoms with Gasteiger partial charge in [-0.05, 0) is 57.3 Å². The summed E-state index contributed by atoms with van der Waals surface area (Å²) < 4.78 is 7.14. The maximum atomic E-state index is 11.7. The fourth-order valence-corrected chi connectivity index (χ4v) is 6.13. The van der Waals surface area contributed by atoms with Crippen LogP contribution in [0.1, 0.15) is 65.7 Å². The Bertz CT molecular complexity index is 1280. The van der Waals surface area contributed by atoms with Crippen LogP contribution in [0.2, 0.25) is 0 Å². The Morgan fingerprint density at radius 3 is 2.59 bits per heavy atom. The largest absolute Gasteiger partial charge is 0.439 e. The molecule has 3 aromatic heterocycles. The second-order valence-electron chi connectivity index (χ2n) is 11.5. The van der Waals surface area contributed by atoms with Gasteiger partial charge in [-0.25, -0.2) is 14.8 Å². The highest BCUT2D eigenvalue weighted by molar-refractivity contribution is 5.87. The Balaban J connectivity index is 1.48. The maximum Gasteiger partial charge on any atom is 0.439 e. The van der Waals surface area contributed by atoms with Gasteiger partial charge in [-0.2, -0.15) is 4.98 Å². The monoisotopic (exact) mass is 509 g/mol. The van der Waals surface area contributed by atoms with Crippen molar-refractivity contribution in [2.75, 3.05) is 29.9 Å². The van der Waals surface area contributed by atoms with E-state index in [2.05, 4.69) is 51.0 Å². The summed E-state index contributed by atoms with van der Waals surface area (Å²) in [5.41, 5.74) is 1.57. The predicted molar refractivity (Wildman–Crippen MR) is 143 cm³/mol. The standard InChI is InChI=1S/C26H39N9O2/c1-15-7-9-18(10-8-15)14-35-20-21(28-17(3)19-5-4-6-19)29-23(24-32-26(36)37-33-24)30-22(20)31-25(35)34-12-11-27-13-16(34)2/h15-19,27H,4-14H2,1-3H3,(H,28,29,30)(H,32,33,36)/t15-,16-,17-,18-/m1/s1. The molecule has 2 saturated carbocycles. The summed E-state index contributed by atoms with van der Waals surface area (Å²) >= 11 is 0. The first-order chi connectivity index (χ1) is 18.0. The van der Waals surface area contributed by atoms with E-state index in [4.69, 9.17) is 19.5 Å². The van der Waals surface area contributed by atoms with E-state index in [-0.39, 0.29) is 11.9 Å². The van der Waals surface area contributed by atoms with Gasteiger partial charge < -0.3 is 20.1 Å². The molecule has 0 amide bonds. The van der Waals surface area contributed by atoms with Crippen LogP contribution in [0.25, 0.3) is 22.8 Å². The molecule has 6 rings (SSSR count). The minimum absolute atomic E-state index is 0.221. The molecule has 4 heterocycles. The third kappa shape index (κ3) is 4.85. The third-order valence-corrected chi connectivity index (χ3v) is 8.79. The highest BCUT2D eigenvalue weighted by Gasteiger charge is 2.31. The zero-order valence-electron chi connectivity index (χ0n) is 22.2. The second-order valence-corrected chi connectivity index (χ2v) is 11.5. The number of fused-ring (bicyclic) bond motifs is 1. The van der Waals surface area contributed by atoms with Crippen molar-refractivity contribution in [1.29, 1.82) is 0 Å². The number of piperazine rings is 1. The topological polar surface area (TPSA) is 130 Å². The van der Waals surface area contributed by atoms with Crippen LogP contribution in [0.4, 0.5) is 11.8 Å². The molecule has 200 valence electrons. The number of H-pyrrole nitrogens is 1. The van der Waals surface area contributed by atoms with Gasteiger partial charge >= 0.3 is 5.76 Å². The lowest BCUT2D eigenvalue weighted by Crippen LogP contribution is -2.51. The zero-order valence-corrected chi connectivity index (χ0v) is 22.2. The normalized spacial score (nSPS) is 25.8. The third-order valence-electron chi connectivity index (χ3n) is 8.79. The van der Waals surface area contributed by atoms with Crippen LogP contribution in [-0.4, -0.2) is 61.4 Å². The molecule has 1 aliphatic heterocycles. The van der Waals surface area contributed by atoms with Gasteiger partial charge in [0, 0.05) is 38.3 Å². The van der Waals surface area contributed by atoms with Crippen molar-refractivity contribution in [1.82, 2.24) is 35.0 Å². The Labute approximate surface area is 216 Å². The predicted octanol–water partition coefficient (Wildman–Crippen LogP) is 3.39. The molecule has 0 unspecified atom stereocenters. The molecule has 0 aromatic carbocycles. The number of nitrogens with one attached hydrogen (secondary N) is 3. The van der Waals surface area contributed by atoms with Crippen LogP contribution >= 0.6 is 0 Å². The Hall–Kier alpha value is -2.95. The molecule has 3 fully saturated rings. The summed E-state index contributed by atoms with van der Waals surface area (Å²) in [7, 11) is 0. The summed E-state index contributed by atoms with van der Waals surface area (Å²) in [4.78, 5) is 31.5. The Kier molecular flexibility index (Phi) is 6.64. The van der Waals surface area contributed by atoms with Gasteiger partial charge in [0.05, 0.1) is 0 Å². The van der Waals surface area contributed by atoms with Crippen molar-refractivity contribution in [3.05, 3.63) is 10.6 Å². The van der Waals surface area contributed by atoms with Gasteiger partial charge in [-0.3, -0.25) is 9.51 Å². The molecule has 3 aliphatic rings. The second kappa shape index (κ2) is 10.1. The van der Waals surface area contributed by atoms with Gasteiger partial charge in [0.15, 0.2) is 11.5 Å². The van der Waals surface area contributed by atoms with E-state index in [9.17, 15) is 4.79 Å². The van der Waals surface area contributed by atoms with Crippen molar-refractivity contribution in [2.24, 2.45) is 17.8 Å². The summed E-state index contributed by atoms with van der Waals surface area (Å²) in [6, 6.07) is 0.594. The van der Waals surface area contributed by atoms with Crippen LogP contribution in [0.15, 0.2) is 9.32 Å². The fourth-order valence-electron chi connectivity index (χ4n) is 6.13. The minimum Gasteiger partial charge on any atom is -0.365 e. The van der Waals surface area contributed by atoms with Gasteiger partial charge in [0.25, 0.3) is 0 Å². The summed E-state index contributed by atoms with van der Waals surface area (Å²) in [6.45, 7) is 10.5. The van der Waals surface area contributed by atoms with Crippen LogP contribution in [0.5, 0.6) is 0 Å². The highest BCUT2D eigenvalue weighted by atomic mass is 16.5. The molecule has 1 saturated heterocycles. The van der Waals surface area contributed by atoms with Gasteiger partial charge in [0.2, 0.25) is 17.6 Å². The number of imidazole rings is 1. The maximum absolute atomic E-state index is 11.7. The molecule has 37 heavy (non-hydrogen) atoms. The number of aromatic amines is 1. The molecule has 3 aromatic rings. The van der Waals surface area contributed by atoms with Crippen molar-refractivity contribution < 1.29 is 4.52 Å². The SMILES string of the molecule is C[C@@H]1CNCCN1c1nc2nc(-c3noc(=O)[nH]3)nc(N[C@H](C)C3CCC3)c2n1C[C@H]1CC[C@H](C)CC1. The van der Waals surface area contributed by atoms with Crippen molar-refractivity contribution in [3.63, 3.8) is 0 Å². The quantitative estimate of drug-likeness (QED) is 0.439. The number of hydrogen-bond acceptors (Lipinski definition) is 9. The number of hydrogen-bond donors (Lipinski definition) is 3. The van der Waals surface area contributed by atoms with Crippen molar-refractivity contribution >= 4 is 22.9 Å². The van der Waals surface area contributed by atoms with E-state index < -0.39 is 5.76 Å². The lowest BCUT2D eigenvalue weighted by atomic mass is 9.80. The molecular weight excluding hydrogens is 470 g/mol. The molecular formula is C26H39N9O2. The fraction of sp³-hybridized carbons (Fsp3) is 0.731. The number of nitrogens with zero attached hydrogens (tertiary/aromatic N) is 6. The van der Waals surface area contributed by atoms with Crippen molar-refractivity contribution in [2.45, 2.75) is 84.3 Å². The molecule has 0 spiro atoms. The molecule has 2 aliphatic carbocycles. The summed E-state index contributed by atoms with van der Waals surface area (Å²) in [6.07, 6.45) is 8.77. The number of anilines is 2. The van der Waals surface area contributed by atoms with Crippen LogP contribution in [0.3, 0.4) is 0 Å². The number of aromatic nitrogens is 6. The van der Waals surface area contributed by atoms with E-state index >= 15 is 0 Å². The lowest BCUT2D eigenvalue weighted by molar-refractivity contribution is 0.266. The minimum atomic E-state index is -0.622. The first-order valence-electron chi connectivity index (χ1n) is 14.0. The molecule has 11 nitrogen and oxygen atoms in total. The molecule has 3 N–H and O–H groups in total. The first kappa shape index (κ1) is 24.4. The zero-order chi connectivity index (χ0) is 25.5.